The molecule has 0 spiro atoms. The topological polar surface area (TPSA) is 0 Å². The third kappa shape index (κ3) is 2.12. The highest BCUT2D eigenvalue weighted by atomic mass is 14.2. The summed E-state index contributed by atoms with van der Waals surface area (Å²) in [6, 6.07) is 10.9. The first-order valence-corrected chi connectivity index (χ1v) is 5.24. The van der Waals surface area contributed by atoms with E-state index in [1.165, 1.54) is 31.2 Å². The second-order valence-corrected chi connectivity index (χ2v) is 4.14. The Bertz CT molecular complexity index is 250. The summed E-state index contributed by atoms with van der Waals surface area (Å²) < 4.78 is 0. The minimum absolute atomic E-state index is 0.680. The maximum absolute atomic E-state index is 4.17. The van der Waals surface area contributed by atoms with Gasteiger partial charge in [0.2, 0.25) is 0 Å². The van der Waals surface area contributed by atoms with Crippen molar-refractivity contribution in [2.45, 2.75) is 31.6 Å². The molecular formula is C13H17. The minimum Gasteiger partial charge on any atom is -0.0622 e. The van der Waals surface area contributed by atoms with Gasteiger partial charge >= 0.3 is 0 Å². The molecule has 1 aromatic carbocycles. The van der Waals surface area contributed by atoms with Crippen LogP contribution in [0.5, 0.6) is 0 Å². The summed E-state index contributed by atoms with van der Waals surface area (Å²) in [5, 5.41) is 0. The van der Waals surface area contributed by atoms with Crippen LogP contribution >= 0.6 is 0 Å². The van der Waals surface area contributed by atoms with Gasteiger partial charge in [0.1, 0.15) is 0 Å². The molecule has 2 rings (SSSR count). The van der Waals surface area contributed by atoms with Gasteiger partial charge in [0.25, 0.3) is 0 Å². The predicted molar refractivity (Wildman–Crippen MR) is 56.5 cm³/mol. The van der Waals surface area contributed by atoms with E-state index < -0.39 is 0 Å². The Morgan fingerprint density at radius 3 is 2.54 bits per heavy atom. The quantitative estimate of drug-likeness (QED) is 0.606. The second kappa shape index (κ2) is 3.95. The molecule has 0 bridgehead atoms. The van der Waals surface area contributed by atoms with Crippen LogP contribution in [-0.2, 0) is 0 Å². The van der Waals surface area contributed by atoms with Crippen molar-refractivity contribution in [2.24, 2.45) is 5.92 Å². The molecule has 1 saturated carbocycles. The van der Waals surface area contributed by atoms with Gasteiger partial charge in [-0.05, 0) is 30.2 Å². The molecule has 0 amide bonds. The fourth-order valence-electron chi connectivity index (χ4n) is 2.32. The maximum atomic E-state index is 4.17. The van der Waals surface area contributed by atoms with Crippen LogP contribution in [0, 0.1) is 12.8 Å². The van der Waals surface area contributed by atoms with Crippen molar-refractivity contribution in [3.63, 3.8) is 0 Å². The Labute approximate surface area is 81.0 Å². The number of hydrogen-bond donors (Lipinski definition) is 0. The van der Waals surface area contributed by atoms with E-state index in [1.54, 1.807) is 0 Å². The van der Waals surface area contributed by atoms with E-state index in [-0.39, 0.29) is 0 Å². The zero-order valence-electron chi connectivity index (χ0n) is 8.08. The van der Waals surface area contributed by atoms with Gasteiger partial charge in [0, 0.05) is 0 Å². The van der Waals surface area contributed by atoms with Crippen molar-refractivity contribution >= 4 is 0 Å². The molecule has 0 aromatic heterocycles. The van der Waals surface area contributed by atoms with E-state index in [0.717, 1.165) is 5.92 Å². The minimum atomic E-state index is 0.680. The summed E-state index contributed by atoms with van der Waals surface area (Å²) >= 11 is 0. The first-order valence-electron chi connectivity index (χ1n) is 5.24. The van der Waals surface area contributed by atoms with E-state index in [4.69, 9.17) is 0 Å². The van der Waals surface area contributed by atoms with Crippen LogP contribution in [0.15, 0.2) is 30.3 Å². The molecule has 0 nitrogen and oxygen atoms in total. The lowest BCUT2D eigenvalue weighted by molar-refractivity contribution is 0.370. The fraction of sp³-hybridized carbons (Fsp3) is 0.462. The van der Waals surface area contributed by atoms with Crippen LogP contribution < -0.4 is 0 Å². The van der Waals surface area contributed by atoms with Crippen molar-refractivity contribution in [2.75, 3.05) is 0 Å². The van der Waals surface area contributed by atoms with Crippen LogP contribution in [0.1, 0.15) is 37.2 Å². The highest BCUT2D eigenvalue weighted by Gasteiger charge is 2.19. The molecule has 1 radical (unpaired) electrons. The van der Waals surface area contributed by atoms with Gasteiger partial charge in [-0.15, -0.1) is 0 Å². The van der Waals surface area contributed by atoms with Gasteiger partial charge in [0.15, 0.2) is 0 Å². The van der Waals surface area contributed by atoms with Gasteiger partial charge in [-0.3, -0.25) is 0 Å². The molecule has 2 atom stereocenters. The van der Waals surface area contributed by atoms with Crippen molar-refractivity contribution in [3.05, 3.63) is 42.8 Å². The largest absolute Gasteiger partial charge is 0.0622 e. The first kappa shape index (κ1) is 8.80. The summed E-state index contributed by atoms with van der Waals surface area (Å²) in [5.74, 6) is 1.46. The van der Waals surface area contributed by atoms with Gasteiger partial charge in [-0.2, -0.15) is 0 Å². The third-order valence-electron chi connectivity index (χ3n) is 3.05. The van der Waals surface area contributed by atoms with Crippen molar-refractivity contribution < 1.29 is 0 Å². The Kier molecular flexibility index (Phi) is 2.68. The molecule has 0 N–H and O–H groups in total. The summed E-state index contributed by atoms with van der Waals surface area (Å²) in [7, 11) is 0. The number of benzene rings is 1. The van der Waals surface area contributed by atoms with E-state index in [2.05, 4.69) is 37.3 Å². The molecule has 1 aromatic rings. The van der Waals surface area contributed by atoms with Gasteiger partial charge in [-0.25, -0.2) is 0 Å². The number of hydrogen-bond acceptors (Lipinski definition) is 0. The molecule has 1 fully saturated rings. The number of rotatable bonds is 1. The SMILES string of the molecule is [CH2]C1CCCC(c2ccccc2)C1. The lowest BCUT2D eigenvalue weighted by atomic mass is 9.79. The molecule has 0 heterocycles. The molecular weight excluding hydrogens is 156 g/mol. The smallest absolute Gasteiger partial charge is 0.0159 e. The predicted octanol–water partition coefficient (Wildman–Crippen LogP) is 3.79. The molecule has 1 aliphatic rings. The van der Waals surface area contributed by atoms with Crippen LogP contribution in [0.4, 0.5) is 0 Å². The maximum Gasteiger partial charge on any atom is -0.0159 e. The zero-order chi connectivity index (χ0) is 9.10. The molecule has 2 unspecified atom stereocenters. The first-order chi connectivity index (χ1) is 6.36. The lowest BCUT2D eigenvalue weighted by Gasteiger charge is -2.26. The zero-order valence-corrected chi connectivity index (χ0v) is 8.08. The Balaban J connectivity index is 2.08. The molecule has 0 saturated heterocycles. The average Bonchev–Trinajstić information content (AvgIpc) is 2.19. The standard InChI is InChI=1S/C13H17/c1-11-6-5-9-13(10-11)12-7-3-2-4-8-12/h2-4,7-8,11,13H,1,5-6,9-10H2. The molecule has 1 aliphatic carbocycles. The molecule has 0 heteroatoms. The van der Waals surface area contributed by atoms with Crippen LogP contribution in [0.3, 0.4) is 0 Å². The van der Waals surface area contributed by atoms with E-state index >= 15 is 0 Å². The summed E-state index contributed by atoms with van der Waals surface area (Å²) in [4.78, 5) is 0. The van der Waals surface area contributed by atoms with Crippen molar-refractivity contribution in [1.82, 2.24) is 0 Å². The van der Waals surface area contributed by atoms with Gasteiger partial charge in [-0.1, -0.05) is 50.1 Å². The normalized spacial score (nSPS) is 28.7. The third-order valence-corrected chi connectivity index (χ3v) is 3.05. The molecule has 69 valence electrons. The lowest BCUT2D eigenvalue weighted by Crippen LogP contribution is -2.11. The average molecular weight is 173 g/mol. The van der Waals surface area contributed by atoms with E-state index in [1.807, 2.05) is 0 Å². The Morgan fingerprint density at radius 2 is 1.85 bits per heavy atom. The Morgan fingerprint density at radius 1 is 1.08 bits per heavy atom. The van der Waals surface area contributed by atoms with Crippen LogP contribution in [0.25, 0.3) is 0 Å². The summed E-state index contributed by atoms with van der Waals surface area (Å²) in [6.07, 6.45) is 5.32. The van der Waals surface area contributed by atoms with Gasteiger partial charge < -0.3 is 0 Å². The van der Waals surface area contributed by atoms with Crippen LogP contribution in [-0.4, -0.2) is 0 Å². The van der Waals surface area contributed by atoms with Crippen molar-refractivity contribution in [1.29, 1.82) is 0 Å². The second-order valence-electron chi connectivity index (χ2n) is 4.14. The molecule has 13 heavy (non-hydrogen) atoms. The highest BCUT2D eigenvalue weighted by Crippen LogP contribution is 2.35. The molecule has 0 aliphatic heterocycles. The highest BCUT2D eigenvalue weighted by molar-refractivity contribution is 5.20. The van der Waals surface area contributed by atoms with Crippen molar-refractivity contribution in [3.8, 4) is 0 Å². The monoisotopic (exact) mass is 173 g/mol. The van der Waals surface area contributed by atoms with E-state index in [0.29, 0.717) is 5.92 Å². The summed E-state index contributed by atoms with van der Waals surface area (Å²) in [6.45, 7) is 4.17. The fourth-order valence-corrected chi connectivity index (χ4v) is 2.32. The summed E-state index contributed by atoms with van der Waals surface area (Å²) in [5.41, 5.74) is 1.51. The van der Waals surface area contributed by atoms with Gasteiger partial charge in [0.05, 0.1) is 0 Å². The Hall–Kier alpha value is -0.780. The van der Waals surface area contributed by atoms with Crippen LogP contribution in [0.2, 0.25) is 0 Å². The van der Waals surface area contributed by atoms with E-state index in [9.17, 15) is 0 Å².